The van der Waals surface area contributed by atoms with Crippen LogP contribution in [0.4, 0.5) is 0 Å². The lowest BCUT2D eigenvalue weighted by molar-refractivity contribution is -0.136. The Morgan fingerprint density at radius 2 is 1.95 bits per heavy atom. The molecule has 118 valence electrons. The van der Waals surface area contributed by atoms with E-state index in [9.17, 15) is 9.59 Å². The average molecular weight is 360 g/mol. The molecule has 7 heteroatoms. The third-order valence-electron chi connectivity index (χ3n) is 3.11. The molecular weight excluding hydrogens is 345 g/mol. The predicted molar refractivity (Wildman–Crippen MR) is 89.9 cm³/mol. The first-order valence-electron chi connectivity index (χ1n) is 6.80. The Bertz CT molecular complexity index is 646. The molecule has 0 fully saturated rings. The molecule has 0 spiro atoms. The number of imide groups is 1. The Hall–Kier alpha value is -1.01. The second-order valence-electron chi connectivity index (χ2n) is 4.66. The summed E-state index contributed by atoms with van der Waals surface area (Å²) in [5.74, 6) is -0.342. The molecule has 0 aliphatic carbocycles. The minimum absolute atomic E-state index is 0.0783. The van der Waals surface area contributed by atoms with E-state index in [1.807, 2.05) is 6.92 Å². The molecule has 1 aliphatic rings. The second kappa shape index (κ2) is 7.51. The van der Waals surface area contributed by atoms with Crippen LogP contribution >= 0.6 is 35.0 Å². The van der Waals surface area contributed by atoms with Crippen LogP contribution in [0.1, 0.15) is 18.9 Å². The fraction of sp³-hybridized carbons (Fsp3) is 0.333. The van der Waals surface area contributed by atoms with Gasteiger partial charge in [0.25, 0.3) is 11.8 Å². The smallest absolute Gasteiger partial charge is 0.267 e. The van der Waals surface area contributed by atoms with E-state index in [0.29, 0.717) is 44.8 Å². The average Bonchev–Trinajstić information content (AvgIpc) is 2.70. The summed E-state index contributed by atoms with van der Waals surface area (Å²) in [5, 5.41) is 9.78. The molecule has 0 atom stereocenters. The van der Waals surface area contributed by atoms with Crippen LogP contribution in [-0.2, 0) is 9.59 Å². The maximum absolute atomic E-state index is 12.6. The molecule has 2 rings (SSSR count). The van der Waals surface area contributed by atoms with E-state index in [0.717, 1.165) is 0 Å². The number of benzene rings is 1. The minimum atomic E-state index is -0.350. The van der Waals surface area contributed by atoms with Crippen molar-refractivity contribution in [3.05, 3.63) is 38.7 Å². The molecule has 0 saturated carbocycles. The van der Waals surface area contributed by atoms with E-state index in [4.69, 9.17) is 28.3 Å². The van der Waals surface area contributed by atoms with Gasteiger partial charge in [-0.15, -0.1) is 11.8 Å². The molecule has 22 heavy (non-hydrogen) atoms. The van der Waals surface area contributed by atoms with Crippen LogP contribution < -0.4 is 0 Å². The zero-order chi connectivity index (χ0) is 16.3. The van der Waals surface area contributed by atoms with Gasteiger partial charge in [-0.2, -0.15) is 0 Å². The lowest BCUT2D eigenvalue weighted by atomic mass is 10.1. The first-order chi connectivity index (χ1) is 10.5. The molecule has 0 radical (unpaired) electrons. The van der Waals surface area contributed by atoms with Gasteiger partial charge in [0.2, 0.25) is 0 Å². The summed E-state index contributed by atoms with van der Waals surface area (Å²) in [6.45, 7) is 2.18. The van der Waals surface area contributed by atoms with Gasteiger partial charge in [-0.1, -0.05) is 36.2 Å². The second-order valence-corrected chi connectivity index (χ2v) is 6.61. The highest BCUT2D eigenvalue weighted by Crippen LogP contribution is 2.39. The van der Waals surface area contributed by atoms with Gasteiger partial charge in [-0.3, -0.25) is 14.5 Å². The molecule has 0 bridgehead atoms. The topological polar surface area (TPSA) is 57.6 Å². The molecule has 1 aliphatic heterocycles. The van der Waals surface area contributed by atoms with Crippen molar-refractivity contribution < 1.29 is 14.7 Å². The summed E-state index contributed by atoms with van der Waals surface area (Å²) in [4.78, 5) is 26.6. The molecule has 0 unspecified atom stereocenters. The third kappa shape index (κ3) is 3.33. The van der Waals surface area contributed by atoms with E-state index in [2.05, 4.69) is 0 Å². The lowest BCUT2D eigenvalue weighted by Gasteiger charge is -2.13. The third-order valence-corrected chi connectivity index (χ3v) is 4.71. The number of amides is 2. The molecule has 2 amide bonds. The van der Waals surface area contributed by atoms with Crippen molar-refractivity contribution in [3.63, 3.8) is 0 Å². The Morgan fingerprint density at radius 3 is 2.55 bits per heavy atom. The molecule has 0 aromatic heterocycles. The number of carbonyl (C=O) groups excluding carboxylic acids is 2. The zero-order valence-corrected chi connectivity index (χ0v) is 14.3. The minimum Gasteiger partial charge on any atom is -0.396 e. The van der Waals surface area contributed by atoms with Gasteiger partial charge >= 0.3 is 0 Å². The zero-order valence-electron chi connectivity index (χ0n) is 11.9. The van der Waals surface area contributed by atoms with Gasteiger partial charge < -0.3 is 5.11 Å². The molecule has 4 nitrogen and oxygen atoms in total. The van der Waals surface area contributed by atoms with E-state index in [1.54, 1.807) is 18.2 Å². The molecular formula is C15H15Cl2NO3S. The SMILES string of the molecule is CCCN1C(=O)C(SCCO)=C(c2ccc(Cl)cc2Cl)C1=O. The van der Waals surface area contributed by atoms with Crippen molar-refractivity contribution in [2.24, 2.45) is 0 Å². The summed E-state index contributed by atoms with van der Waals surface area (Å²) >= 11 is 13.2. The number of aliphatic hydroxyl groups excluding tert-OH is 1. The van der Waals surface area contributed by atoms with Gasteiger partial charge in [-0.05, 0) is 18.6 Å². The quantitative estimate of drug-likeness (QED) is 0.792. The normalized spacial score (nSPS) is 15.2. The van der Waals surface area contributed by atoms with Crippen molar-refractivity contribution >= 4 is 52.4 Å². The summed E-state index contributed by atoms with van der Waals surface area (Å²) < 4.78 is 0. The highest BCUT2D eigenvalue weighted by atomic mass is 35.5. The van der Waals surface area contributed by atoms with Gasteiger partial charge in [0.1, 0.15) is 0 Å². The van der Waals surface area contributed by atoms with Gasteiger partial charge in [0, 0.05) is 22.9 Å². The van der Waals surface area contributed by atoms with Gasteiger partial charge in [-0.25, -0.2) is 0 Å². The highest BCUT2D eigenvalue weighted by Gasteiger charge is 2.39. The number of thioether (sulfide) groups is 1. The van der Waals surface area contributed by atoms with Crippen molar-refractivity contribution in [2.45, 2.75) is 13.3 Å². The number of carbonyl (C=O) groups is 2. The van der Waals surface area contributed by atoms with Crippen LogP contribution in [-0.4, -0.2) is 40.7 Å². The van der Waals surface area contributed by atoms with Crippen molar-refractivity contribution in [1.29, 1.82) is 0 Å². The van der Waals surface area contributed by atoms with E-state index < -0.39 is 0 Å². The summed E-state index contributed by atoms with van der Waals surface area (Å²) in [5.41, 5.74) is 0.780. The summed E-state index contributed by atoms with van der Waals surface area (Å²) in [7, 11) is 0. The van der Waals surface area contributed by atoms with Gasteiger partial charge in [0.05, 0.1) is 22.1 Å². The Labute approximate surface area is 143 Å². The fourth-order valence-electron chi connectivity index (χ4n) is 2.19. The Balaban J connectivity index is 2.51. The number of nitrogens with zero attached hydrogens (tertiary/aromatic N) is 1. The van der Waals surface area contributed by atoms with E-state index in [1.165, 1.54) is 16.7 Å². The van der Waals surface area contributed by atoms with Crippen LogP contribution in [0.15, 0.2) is 23.1 Å². The molecule has 1 aromatic rings. The maximum atomic E-state index is 12.6. The largest absolute Gasteiger partial charge is 0.396 e. The van der Waals surface area contributed by atoms with Crippen molar-refractivity contribution in [2.75, 3.05) is 18.9 Å². The molecule has 1 heterocycles. The van der Waals surface area contributed by atoms with Crippen LogP contribution in [0.25, 0.3) is 5.57 Å². The van der Waals surface area contributed by atoms with Crippen molar-refractivity contribution in [1.82, 2.24) is 4.90 Å². The maximum Gasteiger partial charge on any atom is 0.267 e. The first-order valence-corrected chi connectivity index (χ1v) is 8.55. The van der Waals surface area contributed by atoms with E-state index >= 15 is 0 Å². The van der Waals surface area contributed by atoms with Crippen LogP contribution in [0.2, 0.25) is 10.0 Å². The van der Waals surface area contributed by atoms with Crippen LogP contribution in [0.5, 0.6) is 0 Å². The van der Waals surface area contributed by atoms with Crippen molar-refractivity contribution in [3.8, 4) is 0 Å². The predicted octanol–water partition coefficient (Wildman–Crippen LogP) is 3.21. The Kier molecular flexibility index (Phi) is 5.92. The summed E-state index contributed by atoms with van der Waals surface area (Å²) in [6.07, 6.45) is 0.678. The molecule has 0 saturated heterocycles. The summed E-state index contributed by atoms with van der Waals surface area (Å²) in [6, 6.07) is 4.81. The van der Waals surface area contributed by atoms with Crippen LogP contribution in [0, 0.1) is 0 Å². The fourth-order valence-corrected chi connectivity index (χ4v) is 3.57. The van der Waals surface area contributed by atoms with E-state index in [-0.39, 0.29) is 18.4 Å². The number of hydrogen-bond donors (Lipinski definition) is 1. The number of halogens is 2. The molecule has 1 aromatic carbocycles. The van der Waals surface area contributed by atoms with Crippen LogP contribution in [0.3, 0.4) is 0 Å². The highest BCUT2D eigenvalue weighted by molar-refractivity contribution is 8.04. The molecule has 1 N–H and O–H groups in total. The van der Waals surface area contributed by atoms with Gasteiger partial charge in [0.15, 0.2) is 0 Å². The number of rotatable bonds is 6. The number of hydrogen-bond acceptors (Lipinski definition) is 4. The Morgan fingerprint density at radius 1 is 1.23 bits per heavy atom. The first kappa shape index (κ1) is 17.3. The lowest BCUT2D eigenvalue weighted by Crippen LogP contribution is -2.32. The number of aliphatic hydroxyl groups is 1. The monoisotopic (exact) mass is 359 g/mol. The standard InChI is InChI=1S/C15H15Cl2NO3S/c1-2-5-18-14(20)12(13(15(18)21)22-7-6-19)10-4-3-9(16)8-11(10)17/h3-4,8,19H,2,5-7H2,1H3.